The van der Waals surface area contributed by atoms with Crippen molar-refractivity contribution >= 4 is 0 Å². The Kier molecular flexibility index (Phi) is 44.3. The molecule has 0 spiro atoms. The molecule has 70 heavy (non-hydrogen) atoms. The number of hydrogen-bond acceptors (Lipinski definition) is 24. The first-order valence-corrected chi connectivity index (χ1v) is 23.7. The van der Waals surface area contributed by atoms with Gasteiger partial charge >= 0.3 is 0 Å². The third-order valence-corrected chi connectivity index (χ3v) is 10.9. The number of fused-ring (bicyclic) bond motifs is 1. The second-order valence-corrected chi connectivity index (χ2v) is 16.7. The third-order valence-electron chi connectivity index (χ3n) is 10.9. The number of aliphatic hydroxyl groups is 18. The highest BCUT2D eigenvalue weighted by molar-refractivity contribution is 5.05. The molecule has 0 aliphatic carbocycles. The summed E-state index contributed by atoms with van der Waals surface area (Å²) in [5, 5.41) is 158. The first-order chi connectivity index (χ1) is 32.6. The van der Waals surface area contributed by atoms with Gasteiger partial charge in [-0.3, -0.25) is 0 Å². The second-order valence-electron chi connectivity index (χ2n) is 16.7. The van der Waals surface area contributed by atoms with E-state index in [4.69, 9.17) is 110 Å². The smallest absolute Gasteiger partial charge is 0.184 e. The normalized spacial score (nSPS) is 29.4. The summed E-state index contributed by atoms with van der Waals surface area (Å²) in [4.78, 5) is 0. The molecule has 4 aliphatic heterocycles. The fourth-order valence-corrected chi connectivity index (χ4v) is 6.11. The second kappa shape index (κ2) is 42.7. The summed E-state index contributed by atoms with van der Waals surface area (Å²) in [6, 6.07) is 3.67. The van der Waals surface area contributed by atoms with E-state index in [0.717, 1.165) is 38.1 Å². The molecule has 4 aliphatic rings. The average Bonchev–Trinajstić information content (AvgIpc) is 4.21. The topological polar surface area (TPSA) is 423 Å². The predicted molar refractivity (Wildman–Crippen MR) is 252 cm³/mol. The first-order valence-electron chi connectivity index (χ1n) is 23.7. The maximum Gasteiger partial charge on any atom is 0.184 e. The Hall–Kier alpha value is -1.64. The van der Waals surface area contributed by atoms with Crippen molar-refractivity contribution in [1.82, 2.24) is 0 Å². The number of hydrogen-bond donors (Lipinski definition) is 18. The van der Waals surface area contributed by atoms with Gasteiger partial charge in [0.1, 0.15) is 79.2 Å². The van der Waals surface area contributed by atoms with Crippen LogP contribution >= 0.6 is 0 Å². The van der Waals surface area contributed by atoms with Crippen LogP contribution in [-0.4, -0.2) is 255 Å². The highest BCUT2D eigenvalue weighted by Crippen LogP contribution is 2.30. The molecule has 0 aromatic carbocycles. The number of furan rings is 1. The molecule has 1 aromatic rings. The molecule has 422 valence electrons. The van der Waals surface area contributed by atoms with Gasteiger partial charge in [0.25, 0.3) is 0 Å². The van der Waals surface area contributed by atoms with Gasteiger partial charge in [-0.15, -0.1) is 0 Å². The van der Waals surface area contributed by atoms with Crippen LogP contribution in [0.25, 0.3) is 0 Å². The summed E-state index contributed by atoms with van der Waals surface area (Å²) in [5.41, 5.74) is 0. The van der Waals surface area contributed by atoms with Crippen LogP contribution in [0.3, 0.4) is 0 Å². The van der Waals surface area contributed by atoms with Crippen LogP contribution in [0.4, 0.5) is 0 Å². The van der Waals surface area contributed by atoms with Gasteiger partial charge in [-0.25, -0.2) is 0 Å². The van der Waals surface area contributed by atoms with E-state index in [0.29, 0.717) is 37.2 Å². The van der Waals surface area contributed by atoms with E-state index >= 15 is 0 Å². The van der Waals surface area contributed by atoms with Gasteiger partial charge in [-0.1, -0.05) is 49.0 Å². The number of aliphatic hydroxyl groups excluding tert-OH is 18. The Morgan fingerprint density at radius 2 is 1.13 bits per heavy atom. The van der Waals surface area contributed by atoms with Crippen molar-refractivity contribution in [3.05, 3.63) is 23.7 Å². The van der Waals surface area contributed by atoms with Gasteiger partial charge in [-0.05, 0) is 50.7 Å². The summed E-state index contributed by atoms with van der Waals surface area (Å²) >= 11 is 0. The molecule has 1 aromatic heterocycles. The largest absolute Gasteiger partial charge is 0.464 e. The summed E-state index contributed by atoms with van der Waals surface area (Å²) in [7, 11) is 0. The highest BCUT2D eigenvalue weighted by Gasteiger charge is 2.45. The van der Waals surface area contributed by atoms with Crippen LogP contribution in [0, 0.1) is 5.92 Å². The van der Waals surface area contributed by atoms with Gasteiger partial charge in [-0.2, -0.15) is 0 Å². The fourth-order valence-electron chi connectivity index (χ4n) is 6.11. The van der Waals surface area contributed by atoms with Crippen molar-refractivity contribution in [3.63, 3.8) is 0 Å². The number of ether oxygens (including phenoxy) is 5. The minimum absolute atomic E-state index is 0. The molecule has 0 radical (unpaired) electrons. The molecule has 4 saturated heterocycles. The van der Waals surface area contributed by atoms with Crippen LogP contribution < -0.4 is 0 Å². The number of rotatable bonds is 18. The maximum absolute atomic E-state index is 9.27. The maximum atomic E-state index is 9.27. The average molecular weight is 1030 g/mol. The molecule has 4 fully saturated rings. The zero-order valence-corrected chi connectivity index (χ0v) is 41.1. The van der Waals surface area contributed by atoms with Crippen molar-refractivity contribution in [3.8, 4) is 0 Å². The van der Waals surface area contributed by atoms with Crippen LogP contribution in [-0.2, 0) is 36.7 Å². The van der Waals surface area contributed by atoms with Crippen LogP contribution in [0.1, 0.15) is 99.0 Å². The summed E-state index contributed by atoms with van der Waals surface area (Å²) in [5.74, 6) is 2.02. The van der Waals surface area contributed by atoms with Crippen LogP contribution in [0.2, 0.25) is 0 Å². The SMILES string of the molecule is C.CC1COC2C(O)COC12.CCC(O)C(O)C(O)C(O)CO.CCC(O)CO.CCC(O)COCC(O)CO.CCC1CCC(CO)O1.CCc1ccc(CO)o1.OCC1OC(O)C(O)C(O)C1O. The van der Waals surface area contributed by atoms with E-state index < -0.39 is 92.8 Å². The van der Waals surface area contributed by atoms with Gasteiger partial charge in [0, 0.05) is 12.3 Å². The molecule has 0 bridgehead atoms. The predicted octanol–water partition coefficient (Wildman–Crippen LogP) is -3.82. The zero-order chi connectivity index (χ0) is 53.2. The molecular formula is C46H94O24. The van der Waals surface area contributed by atoms with Gasteiger partial charge in [0.15, 0.2) is 6.29 Å². The molecule has 18 atom stereocenters. The van der Waals surface area contributed by atoms with Crippen molar-refractivity contribution in [2.75, 3.05) is 59.5 Å². The lowest BCUT2D eigenvalue weighted by Crippen LogP contribution is -2.58. The highest BCUT2D eigenvalue weighted by atomic mass is 16.6. The monoisotopic (exact) mass is 1030 g/mol. The molecule has 5 rings (SSSR count). The quantitative estimate of drug-likeness (QED) is 0.0670. The van der Waals surface area contributed by atoms with E-state index in [1.807, 2.05) is 26.8 Å². The molecule has 0 amide bonds. The Morgan fingerprint density at radius 3 is 1.53 bits per heavy atom. The van der Waals surface area contributed by atoms with Gasteiger partial charge < -0.3 is 120 Å². The van der Waals surface area contributed by atoms with Crippen LogP contribution in [0.15, 0.2) is 16.5 Å². The van der Waals surface area contributed by atoms with Crippen LogP contribution in [0.5, 0.6) is 0 Å². The number of aryl methyl sites for hydroxylation is 1. The standard InChI is InChI=1S/C7H16O5.C7H16O4.C7H12O3.C7H14O2.C7H10O2.C6H12O6.C4H10O2.CH4/c1-2-4(9)6(11)7(12)5(10)3-8;1-2-6(9)4-11-5-7(10)3-8;1-4-2-9-7-5(8)3-10-6(4)7;2*1-2-6-3-4-7(5-8)9-6;7-1-2-3(8)4(9)5(10)6(11)12-2;1-2-4(6)3-5;/h4-12H,2-3H2,1H3;6-10H,2-5H2,1H3;4-8H,2-3H2,1H3;6-8H,2-5H2,1H3;3-4,8H,2,5H2,1H3;2-11H,1H2;4-6H,2-3H2,1H3;1H4. The Morgan fingerprint density at radius 1 is 0.586 bits per heavy atom. The summed E-state index contributed by atoms with van der Waals surface area (Å²) in [6.07, 6.45) is -8.34. The van der Waals surface area contributed by atoms with E-state index in [1.165, 1.54) is 0 Å². The lowest BCUT2D eigenvalue weighted by molar-refractivity contribution is -0.286. The molecule has 18 unspecified atom stereocenters. The van der Waals surface area contributed by atoms with Gasteiger partial charge in [0.2, 0.25) is 0 Å². The lowest BCUT2D eigenvalue weighted by Gasteiger charge is -2.37. The van der Waals surface area contributed by atoms with Gasteiger partial charge in [0.05, 0.1) is 96.1 Å². The molecule has 24 heteroatoms. The molecular weight excluding hydrogens is 936 g/mol. The van der Waals surface area contributed by atoms with Crippen molar-refractivity contribution < 1.29 is 120 Å². The molecule has 18 N–H and O–H groups in total. The molecule has 24 nitrogen and oxygen atoms in total. The minimum atomic E-state index is -1.57. The minimum Gasteiger partial charge on any atom is -0.464 e. The Balaban J connectivity index is -0.000000752. The van der Waals surface area contributed by atoms with E-state index in [-0.39, 0.29) is 71.8 Å². The summed E-state index contributed by atoms with van der Waals surface area (Å²) < 4.78 is 30.6. The van der Waals surface area contributed by atoms with E-state index in [2.05, 4.69) is 18.6 Å². The lowest BCUT2D eigenvalue weighted by atomic mass is 10.00. The fraction of sp³-hybridized carbons (Fsp3) is 0.913. The Bertz CT molecular complexity index is 1220. The van der Waals surface area contributed by atoms with Crippen molar-refractivity contribution in [2.24, 2.45) is 5.92 Å². The van der Waals surface area contributed by atoms with Crippen molar-refractivity contribution in [2.45, 2.75) is 204 Å². The summed E-state index contributed by atoms with van der Waals surface area (Å²) in [6.45, 7) is 11.6. The zero-order valence-electron chi connectivity index (χ0n) is 41.1. The molecule has 5 heterocycles. The third kappa shape index (κ3) is 29.3. The first kappa shape index (κ1) is 72.6. The van der Waals surface area contributed by atoms with Crippen molar-refractivity contribution in [1.29, 1.82) is 0 Å². The van der Waals surface area contributed by atoms with E-state index in [9.17, 15) is 5.11 Å². The molecule has 0 saturated carbocycles. The Labute approximate surface area is 412 Å². The van der Waals surface area contributed by atoms with E-state index in [1.54, 1.807) is 13.0 Å².